The maximum Gasteiger partial charge on any atom is 0.134 e. The van der Waals surface area contributed by atoms with Crippen molar-refractivity contribution in [1.82, 2.24) is 0 Å². The predicted octanol–water partition coefficient (Wildman–Crippen LogP) is 4.29. The summed E-state index contributed by atoms with van der Waals surface area (Å²) in [7, 11) is 0. The Morgan fingerprint density at radius 1 is 0.947 bits per heavy atom. The topological polar surface area (TPSA) is 17.1 Å². The molecule has 2 heteroatoms. The van der Waals surface area contributed by atoms with Crippen LogP contribution in [-0.4, -0.2) is 5.78 Å². The van der Waals surface area contributed by atoms with E-state index in [1.807, 2.05) is 6.07 Å². The number of rotatable bonds is 3. The maximum absolute atomic E-state index is 11.5. The first-order valence-corrected chi connectivity index (χ1v) is 7.29. The van der Waals surface area contributed by atoms with Crippen LogP contribution in [0.3, 0.4) is 0 Å². The Balaban J connectivity index is 1.92. The van der Waals surface area contributed by atoms with Gasteiger partial charge in [0, 0.05) is 22.7 Å². The van der Waals surface area contributed by atoms with Crippen molar-refractivity contribution >= 4 is 21.7 Å². The van der Waals surface area contributed by atoms with Crippen LogP contribution >= 0.6 is 15.9 Å². The lowest BCUT2D eigenvalue weighted by molar-refractivity contribution is -0.128. The number of hydrogen-bond acceptors (Lipinski definition) is 1. The second-order valence-corrected chi connectivity index (χ2v) is 6.26. The number of Topliss-reactive ketones (excluding diaryl/α,β-unsaturated/α-hetero) is 1. The van der Waals surface area contributed by atoms with E-state index in [1.165, 1.54) is 11.1 Å². The molecule has 0 amide bonds. The van der Waals surface area contributed by atoms with Gasteiger partial charge in [0.05, 0.1) is 0 Å². The minimum atomic E-state index is 0.0130. The Morgan fingerprint density at radius 2 is 1.58 bits per heavy atom. The van der Waals surface area contributed by atoms with Crippen LogP contribution in [0.2, 0.25) is 0 Å². The fraction of sp³-hybridized carbons (Fsp3) is 0.235. The Kier molecular flexibility index (Phi) is 3.28. The summed E-state index contributed by atoms with van der Waals surface area (Å²) in [5.41, 5.74) is 2.59. The van der Waals surface area contributed by atoms with Gasteiger partial charge in [0.25, 0.3) is 0 Å². The number of halogens is 1. The van der Waals surface area contributed by atoms with Gasteiger partial charge >= 0.3 is 0 Å². The third kappa shape index (κ3) is 2.50. The van der Waals surface area contributed by atoms with Crippen LogP contribution in [0, 0.1) is 0 Å². The van der Waals surface area contributed by atoms with E-state index in [0.717, 1.165) is 10.9 Å². The normalized spacial score (nSPS) is 17.0. The van der Waals surface area contributed by atoms with Gasteiger partial charge in [-0.3, -0.25) is 4.79 Å². The Labute approximate surface area is 121 Å². The second kappa shape index (κ2) is 4.93. The first-order valence-electron chi connectivity index (χ1n) is 6.50. The van der Waals surface area contributed by atoms with Gasteiger partial charge in [-0.25, -0.2) is 0 Å². The molecule has 1 aliphatic carbocycles. The molecule has 0 radical (unpaired) electrons. The highest BCUT2D eigenvalue weighted by Crippen LogP contribution is 2.44. The molecule has 2 aromatic carbocycles. The van der Waals surface area contributed by atoms with E-state index in [2.05, 4.69) is 64.5 Å². The third-order valence-electron chi connectivity index (χ3n) is 3.91. The van der Waals surface area contributed by atoms with E-state index in [-0.39, 0.29) is 5.41 Å². The summed E-state index contributed by atoms with van der Waals surface area (Å²) in [6.07, 6.45) is 2.29. The molecule has 0 bridgehead atoms. The van der Waals surface area contributed by atoms with E-state index in [1.54, 1.807) is 0 Å². The van der Waals surface area contributed by atoms with Gasteiger partial charge in [0.15, 0.2) is 0 Å². The fourth-order valence-electron chi connectivity index (χ4n) is 2.92. The maximum atomic E-state index is 11.5. The smallest absolute Gasteiger partial charge is 0.134 e. The summed E-state index contributed by atoms with van der Waals surface area (Å²) in [6.45, 7) is 0. The van der Waals surface area contributed by atoms with E-state index >= 15 is 0 Å². The highest BCUT2D eigenvalue weighted by molar-refractivity contribution is 9.10. The van der Waals surface area contributed by atoms with Gasteiger partial charge < -0.3 is 0 Å². The number of carbonyl (C=O) groups is 1. The van der Waals surface area contributed by atoms with Gasteiger partial charge in [0.1, 0.15) is 5.78 Å². The Bertz CT molecular complexity index is 578. The molecule has 2 aromatic rings. The molecule has 0 heterocycles. The number of hydrogen-bond donors (Lipinski definition) is 0. The van der Waals surface area contributed by atoms with Gasteiger partial charge in [-0.05, 0) is 29.7 Å². The summed E-state index contributed by atoms with van der Waals surface area (Å²) >= 11 is 3.46. The molecule has 1 saturated carbocycles. The van der Waals surface area contributed by atoms with E-state index in [0.29, 0.717) is 18.6 Å². The van der Waals surface area contributed by atoms with Gasteiger partial charge in [-0.2, -0.15) is 0 Å². The standard InChI is InChI=1S/C17H15BrO/c18-15-8-6-14(7-9-15)17(11-16(19)12-17)10-13-4-2-1-3-5-13/h1-9H,10-12H2. The molecule has 0 spiro atoms. The molecule has 0 N–H and O–H groups in total. The van der Waals surface area contributed by atoms with Crippen molar-refractivity contribution < 1.29 is 4.79 Å². The third-order valence-corrected chi connectivity index (χ3v) is 4.44. The molecule has 1 fully saturated rings. The molecule has 0 aliphatic heterocycles. The minimum absolute atomic E-state index is 0.0130. The summed E-state index contributed by atoms with van der Waals surface area (Å²) in [4.78, 5) is 11.5. The largest absolute Gasteiger partial charge is 0.300 e. The summed E-state index contributed by atoms with van der Waals surface area (Å²) < 4.78 is 1.08. The van der Waals surface area contributed by atoms with E-state index in [4.69, 9.17) is 0 Å². The zero-order chi connectivity index (χ0) is 13.3. The SMILES string of the molecule is O=C1CC(Cc2ccccc2)(c2ccc(Br)cc2)C1. The second-order valence-electron chi connectivity index (χ2n) is 5.34. The molecule has 3 rings (SSSR count). The lowest BCUT2D eigenvalue weighted by atomic mass is 9.61. The molecular formula is C17H15BrO. The van der Waals surface area contributed by atoms with Gasteiger partial charge in [0.2, 0.25) is 0 Å². The van der Waals surface area contributed by atoms with Crippen LogP contribution in [0.15, 0.2) is 59.1 Å². The summed E-state index contributed by atoms with van der Waals surface area (Å²) in [5, 5.41) is 0. The quantitative estimate of drug-likeness (QED) is 0.826. The Hall–Kier alpha value is -1.41. The summed E-state index contributed by atoms with van der Waals surface area (Å²) in [6, 6.07) is 18.8. The molecular weight excluding hydrogens is 300 g/mol. The highest BCUT2D eigenvalue weighted by Gasteiger charge is 2.44. The number of benzene rings is 2. The van der Waals surface area contributed by atoms with Gasteiger partial charge in [-0.15, -0.1) is 0 Å². The van der Waals surface area contributed by atoms with Crippen molar-refractivity contribution in [3.05, 3.63) is 70.2 Å². The lowest BCUT2D eigenvalue weighted by Crippen LogP contribution is -2.43. The van der Waals surface area contributed by atoms with Crippen molar-refractivity contribution in [2.45, 2.75) is 24.7 Å². The average molecular weight is 315 g/mol. The van der Waals surface area contributed by atoms with Crippen LogP contribution < -0.4 is 0 Å². The van der Waals surface area contributed by atoms with E-state index < -0.39 is 0 Å². The van der Waals surface area contributed by atoms with Crippen molar-refractivity contribution in [3.63, 3.8) is 0 Å². The fourth-order valence-corrected chi connectivity index (χ4v) is 3.19. The zero-order valence-electron chi connectivity index (χ0n) is 10.6. The van der Waals surface area contributed by atoms with Crippen LogP contribution in [0.5, 0.6) is 0 Å². The monoisotopic (exact) mass is 314 g/mol. The summed E-state index contributed by atoms with van der Waals surface area (Å²) in [5.74, 6) is 0.374. The highest BCUT2D eigenvalue weighted by atomic mass is 79.9. The van der Waals surface area contributed by atoms with Crippen LogP contribution in [0.1, 0.15) is 24.0 Å². The van der Waals surface area contributed by atoms with Crippen molar-refractivity contribution in [1.29, 1.82) is 0 Å². The van der Waals surface area contributed by atoms with Crippen LogP contribution in [0.4, 0.5) is 0 Å². The lowest BCUT2D eigenvalue weighted by Gasteiger charge is -2.41. The van der Waals surface area contributed by atoms with Crippen LogP contribution in [0.25, 0.3) is 0 Å². The molecule has 96 valence electrons. The van der Waals surface area contributed by atoms with Crippen molar-refractivity contribution in [3.8, 4) is 0 Å². The Morgan fingerprint density at radius 3 is 2.16 bits per heavy atom. The van der Waals surface area contributed by atoms with E-state index in [9.17, 15) is 4.79 Å². The predicted molar refractivity (Wildman–Crippen MR) is 80.2 cm³/mol. The van der Waals surface area contributed by atoms with Crippen molar-refractivity contribution in [2.75, 3.05) is 0 Å². The molecule has 19 heavy (non-hydrogen) atoms. The first kappa shape index (κ1) is 12.6. The minimum Gasteiger partial charge on any atom is -0.300 e. The first-order chi connectivity index (χ1) is 9.18. The zero-order valence-corrected chi connectivity index (χ0v) is 12.2. The number of ketones is 1. The molecule has 1 nitrogen and oxygen atoms in total. The van der Waals surface area contributed by atoms with Crippen molar-refractivity contribution in [2.24, 2.45) is 0 Å². The average Bonchev–Trinajstić information content (AvgIpc) is 2.38. The molecule has 0 unspecified atom stereocenters. The molecule has 0 saturated heterocycles. The molecule has 1 aliphatic rings. The van der Waals surface area contributed by atoms with Gasteiger partial charge in [-0.1, -0.05) is 58.4 Å². The van der Waals surface area contributed by atoms with Crippen LogP contribution in [-0.2, 0) is 16.6 Å². The molecule has 0 atom stereocenters. The number of carbonyl (C=O) groups excluding carboxylic acids is 1. The molecule has 0 aromatic heterocycles.